The van der Waals surface area contributed by atoms with Gasteiger partial charge in [-0.05, 0) is 23.8 Å². The van der Waals surface area contributed by atoms with Crippen molar-refractivity contribution in [3.8, 4) is 0 Å². The second-order valence-corrected chi connectivity index (χ2v) is 6.17. The predicted molar refractivity (Wildman–Crippen MR) is 85.2 cm³/mol. The van der Waals surface area contributed by atoms with Gasteiger partial charge in [-0.15, -0.1) is 0 Å². The van der Waals surface area contributed by atoms with E-state index in [4.69, 9.17) is 0 Å². The monoisotopic (exact) mass is 341 g/mol. The molecular weight excluding hydrogens is 330 g/mol. The van der Waals surface area contributed by atoms with E-state index in [2.05, 4.69) is 48.9 Å². The molecule has 0 aliphatic carbocycles. The Balaban J connectivity index is 1.97. The van der Waals surface area contributed by atoms with Crippen LogP contribution in [0.3, 0.4) is 0 Å². The third-order valence-corrected chi connectivity index (χ3v) is 4.54. The Morgan fingerprint density at radius 2 is 2.00 bits per heavy atom. The fourth-order valence-corrected chi connectivity index (χ4v) is 3.47. The largest absolute Gasteiger partial charge is 0.318 e. The van der Waals surface area contributed by atoms with Crippen molar-refractivity contribution in [2.75, 3.05) is 0 Å². The Morgan fingerprint density at radius 3 is 2.76 bits per heavy atom. The summed E-state index contributed by atoms with van der Waals surface area (Å²) in [4.78, 5) is 15.8. The van der Waals surface area contributed by atoms with E-state index >= 15 is 0 Å². The Morgan fingerprint density at radius 1 is 1.19 bits per heavy atom. The van der Waals surface area contributed by atoms with Crippen LogP contribution in [0.2, 0.25) is 0 Å². The van der Waals surface area contributed by atoms with E-state index in [9.17, 15) is 4.91 Å². The van der Waals surface area contributed by atoms with Gasteiger partial charge in [0, 0.05) is 10.9 Å². The van der Waals surface area contributed by atoms with Crippen molar-refractivity contribution in [3.05, 3.63) is 69.3 Å². The van der Waals surface area contributed by atoms with Crippen LogP contribution in [0.5, 0.6) is 0 Å². The molecule has 2 unspecified atom stereocenters. The molecule has 1 aliphatic heterocycles. The number of halogens is 1. The first-order valence-corrected chi connectivity index (χ1v) is 7.62. The van der Waals surface area contributed by atoms with Crippen molar-refractivity contribution in [1.82, 2.24) is 9.55 Å². The molecule has 3 aromatic rings. The molecule has 0 fully saturated rings. The molecule has 1 aliphatic rings. The van der Waals surface area contributed by atoms with Crippen LogP contribution < -0.4 is 0 Å². The van der Waals surface area contributed by atoms with Crippen LogP contribution in [0, 0.1) is 4.91 Å². The molecule has 1 aromatic heterocycles. The van der Waals surface area contributed by atoms with Gasteiger partial charge in [-0.1, -0.05) is 51.4 Å². The first-order chi connectivity index (χ1) is 10.3. The van der Waals surface area contributed by atoms with E-state index in [1.807, 2.05) is 30.3 Å². The normalized spacial score (nSPS) is 20.6. The van der Waals surface area contributed by atoms with Gasteiger partial charge >= 0.3 is 0 Å². The molecule has 2 heterocycles. The molecule has 0 amide bonds. The number of fused-ring (bicyclic) bond motifs is 3. The average Bonchev–Trinajstić information content (AvgIpc) is 3.05. The molecule has 0 bridgehead atoms. The SMILES string of the molecule is O=NC1CC(c2ccccc2)n2c1nc1ccc(Br)cc12. The van der Waals surface area contributed by atoms with Gasteiger partial charge in [0.2, 0.25) is 0 Å². The summed E-state index contributed by atoms with van der Waals surface area (Å²) in [7, 11) is 0. The molecule has 104 valence electrons. The van der Waals surface area contributed by atoms with Crippen LogP contribution in [0.4, 0.5) is 0 Å². The van der Waals surface area contributed by atoms with Crippen LogP contribution >= 0.6 is 15.9 Å². The minimum atomic E-state index is -0.374. The van der Waals surface area contributed by atoms with Gasteiger partial charge in [-0.2, -0.15) is 4.91 Å². The van der Waals surface area contributed by atoms with Crippen molar-refractivity contribution in [2.24, 2.45) is 5.18 Å². The molecular formula is C16H12BrN3O. The van der Waals surface area contributed by atoms with Crippen LogP contribution in [-0.4, -0.2) is 9.55 Å². The zero-order chi connectivity index (χ0) is 14.4. The highest BCUT2D eigenvalue weighted by molar-refractivity contribution is 9.10. The molecule has 4 nitrogen and oxygen atoms in total. The number of hydrogen-bond acceptors (Lipinski definition) is 3. The van der Waals surface area contributed by atoms with Gasteiger partial charge in [-0.3, -0.25) is 0 Å². The summed E-state index contributed by atoms with van der Waals surface area (Å²) in [5.41, 5.74) is 3.13. The second kappa shape index (κ2) is 4.77. The minimum absolute atomic E-state index is 0.114. The summed E-state index contributed by atoms with van der Waals surface area (Å²) in [5, 5.41) is 3.28. The standard InChI is InChI=1S/C16H12BrN3O/c17-11-6-7-12-15(8-11)20-14(10-4-2-1-3-5-10)9-13(19-21)16(20)18-12/h1-8,13-14H,9H2. The van der Waals surface area contributed by atoms with Crippen molar-refractivity contribution in [3.63, 3.8) is 0 Å². The van der Waals surface area contributed by atoms with Gasteiger partial charge in [0.15, 0.2) is 6.04 Å². The predicted octanol–water partition coefficient (Wildman–Crippen LogP) is 4.60. The lowest BCUT2D eigenvalue weighted by molar-refractivity contribution is 0.598. The lowest BCUT2D eigenvalue weighted by Gasteiger charge is -2.14. The number of nitrogens with zero attached hydrogens (tertiary/aromatic N) is 3. The zero-order valence-corrected chi connectivity index (χ0v) is 12.7. The maximum Gasteiger partial charge on any atom is 0.152 e. The average molecular weight is 342 g/mol. The third-order valence-electron chi connectivity index (χ3n) is 4.05. The molecule has 0 saturated carbocycles. The zero-order valence-electron chi connectivity index (χ0n) is 11.1. The van der Waals surface area contributed by atoms with E-state index in [1.54, 1.807) is 0 Å². The van der Waals surface area contributed by atoms with Crippen LogP contribution in [0.15, 0.2) is 58.2 Å². The first kappa shape index (κ1) is 12.7. The minimum Gasteiger partial charge on any atom is -0.318 e. The van der Waals surface area contributed by atoms with Crippen molar-refractivity contribution in [2.45, 2.75) is 18.5 Å². The molecule has 0 radical (unpaired) electrons. The van der Waals surface area contributed by atoms with Crippen LogP contribution in [0.25, 0.3) is 11.0 Å². The number of aromatic nitrogens is 2. The summed E-state index contributed by atoms with van der Waals surface area (Å²) in [5.74, 6) is 0.770. The van der Waals surface area contributed by atoms with E-state index < -0.39 is 0 Å². The summed E-state index contributed by atoms with van der Waals surface area (Å²) in [6.07, 6.45) is 0.679. The topological polar surface area (TPSA) is 47.2 Å². The summed E-state index contributed by atoms with van der Waals surface area (Å²) >= 11 is 3.51. The Kier molecular flexibility index (Phi) is 2.89. The lowest BCUT2D eigenvalue weighted by atomic mass is 10.0. The third kappa shape index (κ3) is 1.92. The van der Waals surface area contributed by atoms with Crippen molar-refractivity contribution >= 4 is 27.0 Å². The van der Waals surface area contributed by atoms with Crippen molar-refractivity contribution < 1.29 is 0 Å². The molecule has 2 atom stereocenters. The molecule has 21 heavy (non-hydrogen) atoms. The lowest BCUT2D eigenvalue weighted by Crippen LogP contribution is -2.05. The fourth-order valence-electron chi connectivity index (χ4n) is 3.12. The first-order valence-electron chi connectivity index (χ1n) is 6.82. The van der Waals surface area contributed by atoms with E-state index in [-0.39, 0.29) is 12.1 Å². The summed E-state index contributed by atoms with van der Waals surface area (Å²) in [6, 6.07) is 15.9. The number of nitroso groups, excluding NO2 is 1. The summed E-state index contributed by atoms with van der Waals surface area (Å²) in [6.45, 7) is 0. The Bertz CT molecular complexity index is 828. The highest BCUT2D eigenvalue weighted by atomic mass is 79.9. The Labute approximate surface area is 129 Å². The molecule has 4 rings (SSSR count). The highest BCUT2D eigenvalue weighted by Crippen LogP contribution is 2.43. The Hall–Kier alpha value is -2.01. The number of rotatable bonds is 2. The molecule has 0 spiro atoms. The fraction of sp³-hybridized carbons (Fsp3) is 0.188. The summed E-state index contributed by atoms with van der Waals surface area (Å²) < 4.78 is 3.16. The maximum absolute atomic E-state index is 11.2. The van der Waals surface area contributed by atoms with Gasteiger partial charge in [-0.25, -0.2) is 4.98 Å². The molecule has 0 saturated heterocycles. The quantitative estimate of drug-likeness (QED) is 0.639. The van der Waals surface area contributed by atoms with E-state index in [1.165, 1.54) is 5.56 Å². The molecule has 0 N–H and O–H groups in total. The molecule has 2 aromatic carbocycles. The van der Waals surface area contributed by atoms with Gasteiger partial charge < -0.3 is 4.57 Å². The van der Waals surface area contributed by atoms with Crippen LogP contribution in [-0.2, 0) is 0 Å². The molecule has 5 heteroatoms. The highest BCUT2D eigenvalue weighted by Gasteiger charge is 2.35. The number of imidazole rings is 1. The number of hydrogen-bond donors (Lipinski definition) is 0. The van der Waals surface area contributed by atoms with Gasteiger partial charge in [0.25, 0.3) is 0 Å². The number of benzene rings is 2. The van der Waals surface area contributed by atoms with E-state index in [0.29, 0.717) is 6.42 Å². The van der Waals surface area contributed by atoms with Crippen LogP contribution in [0.1, 0.15) is 29.9 Å². The maximum atomic E-state index is 11.2. The van der Waals surface area contributed by atoms with Gasteiger partial charge in [0.05, 0.1) is 17.1 Å². The van der Waals surface area contributed by atoms with Crippen molar-refractivity contribution in [1.29, 1.82) is 0 Å². The smallest absolute Gasteiger partial charge is 0.152 e. The van der Waals surface area contributed by atoms with E-state index in [0.717, 1.165) is 21.3 Å². The van der Waals surface area contributed by atoms with Gasteiger partial charge in [0.1, 0.15) is 5.82 Å². The second-order valence-electron chi connectivity index (χ2n) is 5.26.